The number of carbonyl (C=O) groups is 2. The molecule has 0 saturated carbocycles. The van der Waals surface area contributed by atoms with Gasteiger partial charge in [-0.3, -0.25) is 9.59 Å². The zero-order valence-electron chi connectivity index (χ0n) is 13.0. The van der Waals surface area contributed by atoms with Crippen molar-refractivity contribution >= 4 is 17.9 Å². The summed E-state index contributed by atoms with van der Waals surface area (Å²) < 4.78 is 5.37. The van der Waals surface area contributed by atoms with Gasteiger partial charge in [0.15, 0.2) is 0 Å². The molecule has 4 nitrogen and oxygen atoms in total. The Kier molecular flexibility index (Phi) is 4.66. The molecular weight excluding hydrogens is 266 g/mol. The Balaban J connectivity index is 1.88. The fourth-order valence-corrected chi connectivity index (χ4v) is 2.62. The van der Waals surface area contributed by atoms with Crippen molar-refractivity contribution in [3.8, 4) is 0 Å². The number of benzene rings is 1. The molecule has 21 heavy (non-hydrogen) atoms. The first-order chi connectivity index (χ1) is 9.87. The summed E-state index contributed by atoms with van der Waals surface area (Å²) in [4.78, 5) is 24.8. The molecule has 1 heterocycles. The topological polar surface area (TPSA) is 46.6 Å². The maximum absolute atomic E-state index is 11.9. The van der Waals surface area contributed by atoms with Gasteiger partial charge in [-0.25, -0.2) is 0 Å². The van der Waals surface area contributed by atoms with E-state index in [4.69, 9.17) is 4.74 Å². The number of nitrogens with zero attached hydrogens (tertiary/aromatic N) is 1. The lowest BCUT2D eigenvalue weighted by molar-refractivity contribution is -0.155. The normalized spacial score (nSPS) is 18.6. The number of hydrogen-bond donors (Lipinski definition) is 0. The minimum atomic E-state index is -0.417. The Hall–Kier alpha value is -1.84. The standard InChI is InChI=1S/C17H23NO3/c1-17(2,3)21-16(20)10-14-8-9-18(11-14)15-6-4-13(12-19)5-7-15/h4-7,12,14H,8-11H2,1-3H3/t14-/m1/s1. The number of esters is 1. The van der Waals surface area contributed by atoms with Crippen LogP contribution in [0.5, 0.6) is 0 Å². The highest BCUT2D eigenvalue weighted by Crippen LogP contribution is 2.26. The predicted molar refractivity (Wildman–Crippen MR) is 82.6 cm³/mol. The highest BCUT2D eigenvalue weighted by molar-refractivity contribution is 5.75. The van der Waals surface area contributed by atoms with Crippen LogP contribution in [0.1, 0.15) is 44.0 Å². The fraction of sp³-hybridized carbons (Fsp3) is 0.529. The maximum Gasteiger partial charge on any atom is 0.306 e. The van der Waals surface area contributed by atoms with Gasteiger partial charge in [0.25, 0.3) is 0 Å². The minimum Gasteiger partial charge on any atom is -0.460 e. The molecule has 0 spiro atoms. The zero-order valence-corrected chi connectivity index (χ0v) is 13.0. The summed E-state index contributed by atoms with van der Waals surface area (Å²) in [5.74, 6) is 0.219. The smallest absolute Gasteiger partial charge is 0.306 e. The molecule has 1 saturated heterocycles. The van der Waals surface area contributed by atoms with E-state index >= 15 is 0 Å². The van der Waals surface area contributed by atoms with Crippen molar-refractivity contribution in [1.82, 2.24) is 0 Å². The number of ether oxygens (including phenoxy) is 1. The summed E-state index contributed by atoms with van der Waals surface area (Å²) in [6.07, 6.45) is 2.31. The zero-order chi connectivity index (χ0) is 15.5. The van der Waals surface area contributed by atoms with Crippen molar-refractivity contribution < 1.29 is 14.3 Å². The summed E-state index contributed by atoms with van der Waals surface area (Å²) in [5, 5.41) is 0. The van der Waals surface area contributed by atoms with Gasteiger partial charge in [-0.05, 0) is 57.4 Å². The van der Waals surface area contributed by atoms with Gasteiger partial charge in [-0.1, -0.05) is 0 Å². The third kappa shape index (κ3) is 4.59. The highest BCUT2D eigenvalue weighted by Gasteiger charge is 2.27. The second-order valence-electron chi connectivity index (χ2n) is 6.60. The first-order valence-corrected chi connectivity index (χ1v) is 7.39. The van der Waals surface area contributed by atoms with E-state index in [0.717, 1.165) is 31.5 Å². The summed E-state index contributed by atoms with van der Waals surface area (Å²) >= 11 is 0. The van der Waals surface area contributed by atoms with Crippen molar-refractivity contribution in [2.75, 3.05) is 18.0 Å². The van der Waals surface area contributed by atoms with Crippen LogP contribution in [0, 0.1) is 5.92 Å². The summed E-state index contributed by atoms with van der Waals surface area (Å²) in [6, 6.07) is 7.56. The lowest BCUT2D eigenvalue weighted by Crippen LogP contribution is -2.26. The van der Waals surface area contributed by atoms with E-state index in [2.05, 4.69) is 4.90 Å². The van der Waals surface area contributed by atoms with E-state index in [-0.39, 0.29) is 5.97 Å². The van der Waals surface area contributed by atoms with Crippen LogP contribution < -0.4 is 4.90 Å². The van der Waals surface area contributed by atoms with Crippen molar-refractivity contribution in [3.63, 3.8) is 0 Å². The van der Waals surface area contributed by atoms with Gasteiger partial charge in [0.05, 0.1) is 6.42 Å². The predicted octanol–water partition coefficient (Wildman–Crippen LogP) is 3.06. The highest BCUT2D eigenvalue weighted by atomic mass is 16.6. The molecule has 1 atom stereocenters. The van der Waals surface area contributed by atoms with E-state index in [1.807, 2.05) is 45.0 Å². The molecule has 0 bridgehead atoms. The molecule has 1 aliphatic heterocycles. The van der Waals surface area contributed by atoms with Crippen LogP contribution in [-0.4, -0.2) is 30.9 Å². The van der Waals surface area contributed by atoms with Gasteiger partial charge >= 0.3 is 5.97 Å². The van der Waals surface area contributed by atoms with E-state index < -0.39 is 5.60 Å². The van der Waals surface area contributed by atoms with E-state index in [1.54, 1.807) is 0 Å². The van der Waals surface area contributed by atoms with Crippen molar-refractivity contribution in [3.05, 3.63) is 29.8 Å². The van der Waals surface area contributed by atoms with Gasteiger partial charge in [0.2, 0.25) is 0 Å². The van der Waals surface area contributed by atoms with Crippen molar-refractivity contribution in [2.45, 2.75) is 39.2 Å². The largest absolute Gasteiger partial charge is 0.460 e. The van der Waals surface area contributed by atoms with Crippen molar-refractivity contribution in [1.29, 1.82) is 0 Å². The quantitative estimate of drug-likeness (QED) is 0.631. The number of hydrogen-bond acceptors (Lipinski definition) is 4. The molecule has 0 aromatic heterocycles. The number of anilines is 1. The van der Waals surface area contributed by atoms with Gasteiger partial charge in [0.1, 0.15) is 11.9 Å². The molecule has 0 aliphatic carbocycles. The minimum absolute atomic E-state index is 0.120. The van der Waals surface area contributed by atoms with Gasteiger partial charge in [0, 0.05) is 24.3 Å². The molecule has 0 radical (unpaired) electrons. The average molecular weight is 289 g/mol. The number of aldehydes is 1. The Morgan fingerprint density at radius 1 is 1.33 bits per heavy atom. The number of carbonyl (C=O) groups excluding carboxylic acids is 2. The molecule has 1 aromatic rings. The van der Waals surface area contributed by atoms with E-state index in [0.29, 0.717) is 17.9 Å². The van der Waals surface area contributed by atoms with Crippen molar-refractivity contribution in [2.24, 2.45) is 5.92 Å². The third-order valence-electron chi connectivity index (χ3n) is 3.56. The van der Waals surface area contributed by atoms with Crippen LogP contribution in [0.25, 0.3) is 0 Å². The second kappa shape index (κ2) is 6.29. The Morgan fingerprint density at radius 3 is 2.57 bits per heavy atom. The molecule has 4 heteroatoms. The SMILES string of the molecule is CC(C)(C)OC(=O)C[C@H]1CCN(c2ccc(C=O)cc2)C1. The molecule has 2 rings (SSSR count). The molecule has 0 unspecified atom stereocenters. The molecule has 1 aliphatic rings. The number of rotatable bonds is 4. The van der Waals surface area contributed by atoms with Crippen LogP contribution in [0.4, 0.5) is 5.69 Å². The Labute approximate surface area is 126 Å². The van der Waals surface area contributed by atoms with E-state index in [9.17, 15) is 9.59 Å². The molecule has 0 N–H and O–H groups in total. The van der Waals surface area contributed by atoms with Gasteiger partial charge < -0.3 is 9.64 Å². The second-order valence-corrected chi connectivity index (χ2v) is 6.60. The Bertz CT molecular complexity index is 502. The summed E-state index contributed by atoms with van der Waals surface area (Å²) in [5.41, 5.74) is 1.37. The summed E-state index contributed by atoms with van der Waals surface area (Å²) in [6.45, 7) is 7.47. The molecule has 1 aromatic carbocycles. The Morgan fingerprint density at radius 2 is 2.00 bits per heavy atom. The van der Waals surface area contributed by atoms with Crippen LogP contribution in [0.3, 0.4) is 0 Å². The van der Waals surface area contributed by atoms with Gasteiger partial charge in [-0.2, -0.15) is 0 Å². The molecular formula is C17H23NO3. The van der Waals surface area contributed by atoms with Crippen LogP contribution in [0.15, 0.2) is 24.3 Å². The monoisotopic (exact) mass is 289 g/mol. The molecule has 0 amide bonds. The fourth-order valence-electron chi connectivity index (χ4n) is 2.62. The maximum atomic E-state index is 11.9. The van der Waals surface area contributed by atoms with E-state index in [1.165, 1.54) is 0 Å². The molecule has 114 valence electrons. The summed E-state index contributed by atoms with van der Waals surface area (Å²) in [7, 11) is 0. The van der Waals surface area contributed by atoms with Crippen LogP contribution in [0.2, 0.25) is 0 Å². The third-order valence-corrected chi connectivity index (χ3v) is 3.56. The van der Waals surface area contributed by atoms with Gasteiger partial charge in [-0.15, -0.1) is 0 Å². The average Bonchev–Trinajstić information content (AvgIpc) is 2.85. The first kappa shape index (κ1) is 15.5. The first-order valence-electron chi connectivity index (χ1n) is 7.39. The van der Waals surface area contributed by atoms with Crippen LogP contribution >= 0.6 is 0 Å². The lowest BCUT2D eigenvalue weighted by Gasteiger charge is -2.21. The molecule has 1 fully saturated rings. The van der Waals surface area contributed by atoms with Crippen LogP contribution in [-0.2, 0) is 9.53 Å². The lowest BCUT2D eigenvalue weighted by atomic mass is 10.1.